The van der Waals surface area contributed by atoms with Crippen LogP contribution in [0.25, 0.3) is 0 Å². The van der Waals surface area contributed by atoms with Crippen LogP contribution in [-0.4, -0.2) is 10.2 Å². The fourth-order valence-electron chi connectivity index (χ4n) is 4.03. The summed E-state index contributed by atoms with van der Waals surface area (Å²) in [5.74, 6) is 0.821. The molecular formula is C28H42O2S3. The van der Waals surface area contributed by atoms with E-state index in [0.717, 1.165) is 32.0 Å². The Labute approximate surface area is 213 Å². The highest BCUT2D eigenvalue weighted by Crippen LogP contribution is 2.53. The molecule has 5 heteroatoms. The van der Waals surface area contributed by atoms with Crippen molar-refractivity contribution in [1.82, 2.24) is 0 Å². The van der Waals surface area contributed by atoms with E-state index in [9.17, 15) is 10.2 Å². The van der Waals surface area contributed by atoms with Gasteiger partial charge in [0.05, 0.1) is 0 Å². The minimum Gasteiger partial charge on any atom is -0.507 e. The quantitative estimate of drug-likeness (QED) is 0.404. The van der Waals surface area contributed by atoms with E-state index >= 15 is 0 Å². The van der Waals surface area contributed by atoms with E-state index in [1.165, 1.54) is 0 Å². The van der Waals surface area contributed by atoms with Gasteiger partial charge in [0.1, 0.15) is 11.5 Å². The van der Waals surface area contributed by atoms with Crippen LogP contribution >= 0.6 is 31.4 Å². The molecule has 2 aromatic carbocycles. The normalized spacial score (nSPS) is 13.5. The molecule has 0 aliphatic rings. The molecule has 0 bridgehead atoms. The molecule has 0 spiro atoms. The van der Waals surface area contributed by atoms with Gasteiger partial charge in [0, 0.05) is 20.9 Å². The van der Waals surface area contributed by atoms with Crippen molar-refractivity contribution in [1.29, 1.82) is 0 Å². The minimum absolute atomic E-state index is 0.122. The standard InChI is InChI=1S/C28H42O2S3/c1-25(2,3)17-13-15-19(21(23(17)29)27(7,8)9)31-33-32-20-16-14-18(26(4,5)6)24(30)22(20)28(10,11)12/h13-16,29-30H,1-12H3. The summed E-state index contributed by atoms with van der Waals surface area (Å²) < 4.78 is 0. The van der Waals surface area contributed by atoms with Gasteiger partial charge in [0.25, 0.3) is 0 Å². The van der Waals surface area contributed by atoms with Crippen molar-refractivity contribution in [3.8, 4) is 11.5 Å². The third kappa shape index (κ3) is 6.61. The average Bonchev–Trinajstić information content (AvgIpc) is 2.57. The van der Waals surface area contributed by atoms with Crippen LogP contribution in [-0.2, 0) is 21.7 Å². The number of hydrogen-bond acceptors (Lipinski definition) is 5. The van der Waals surface area contributed by atoms with Crippen molar-refractivity contribution in [2.24, 2.45) is 0 Å². The lowest BCUT2D eigenvalue weighted by Crippen LogP contribution is -2.18. The lowest BCUT2D eigenvalue weighted by atomic mass is 9.79. The zero-order valence-corrected chi connectivity index (χ0v) is 24.9. The van der Waals surface area contributed by atoms with Crippen molar-refractivity contribution < 1.29 is 10.2 Å². The molecule has 2 rings (SSSR count). The van der Waals surface area contributed by atoms with E-state index in [1.54, 1.807) is 31.4 Å². The van der Waals surface area contributed by atoms with Crippen LogP contribution in [0.3, 0.4) is 0 Å². The van der Waals surface area contributed by atoms with E-state index in [0.29, 0.717) is 11.5 Å². The predicted octanol–water partition coefficient (Wildman–Crippen LogP) is 9.74. The summed E-state index contributed by atoms with van der Waals surface area (Å²) >= 11 is 0. The Morgan fingerprint density at radius 1 is 0.485 bits per heavy atom. The maximum Gasteiger partial charge on any atom is 0.124 e. The van der Waals surface area contributed by atoms with Crippen molar-refractivity contribution in [2.45, 2.75) is 115 Å². The molecule has 0 saturated heterocycles. The summed E-state index contributed by atoms with van der Waals surface area (Å²) in [5.41, 5.74) is 3.35. The van der Waals surface area contributed by atoms with Crippen LogP contribution in [0.1, 0.15) is 105 Å². The molecule has 2 N–H and O–H groups in total. The first-order valence-electron chi connectivity index (χ1n) is 11.5. The number of phenols is 2. The highest BCUT2D eigenvalue weighted by molar-refractivity contribution is 9.09. The van der Waals surface area contributed by atoms with Gasteiger partial charge < -0.3 is 10.2 Å². The van der Waals surface area contributed by atoms with Crippen LogP contribution in [0.5, 0.6) is 11.5 Å². The largest absolute Gasteiger partial charge is 0.507 e. The molecule has 0 aliphatic carbocycles. The van der Waals surface area contributed by atoms with E-state index in [-0.39, 0.29) is 21.7 Å². The molecule has 0 aromatic heterocycles. The zero-order chi connectivity index (χ0) is 25.6. The highest BCUT2D eigenvalue weighted by atomic mass is 33.5. The third-order valence-corrected chi connectivity index (χ3v) is 9.53. The van der Waals surface area contributed by atoms with Gasteiger partial charge in [0.15, 0.2) is 0 Å². The van der Waals surface area contributed by atoms with Gasteiger partial charge >= 0.3 is 0 Å². The van der Waals surface area contributed by atoms with Crippen molar-refractivity contribution in [2.75, 3.05) is 0 Å². The predicted molar refractivity (Wildman–Crippen MR) is 150 cm³/mol. The van der Waals surface area contributed by atoms with Crippen molar-refractivity contribution >= 4 is 31.4 Å². The summed E-state index contributed by atoms with van der Waals surface area (Å²) in [6, 6.07) is 8.40. The third-order valence-electron chi connectivity index (χ3n) is 5.64. The molecule has 0 heterocycles. The van der Waals surface area contributed by atoms with Gasteiger partial charge in [-0.05, 0) is 76.3 Å². The molecule has 0 atom stereocenters. The summed E-state index contributed by atoms with van der Waals surface area (Å²) in [7, 11) is 5.03. The van der Waals surface area contributed by atoms with E-state index < -0.39 is 0 Å². The molecule has 0 aliphatic heterocycles. The highest BCUT2D eigenvalue weighted by Gasteiger charge is 2.30. The maximum absolute atomic E-state index is 11.2. The first kappa shape index (κ1) is 28.3. The molecule has 184 valence electrons. The molecule has 2 aromatic rings. The van der Waals surface area contributed by atoms with Crippen LogP contribution in [0.15, 0.2) is 34.1 Å². The van der Waals surface area contributed by atoms with E-state index in [4.69, 9.17) is 0 Å². The Hall–Kier alpha value is -0.910. The van der Waals surface area contributed by atoms with Gasteiger partial charge in [0.2, 0.25) is 0 Å². The molecule has 0 saturated carbocycles. The molecule has 2 nitrogen and oxygen atoms in total. The van der Waals surface area contributed by atoms with Crippen molar-refractivity contribution in [3.05, 3.63) is 46.5 Å². The summed E-state index contributed by atoms with van der Waals surface area (Å²) in [6.45, 7) is 25.7. The molecule has 33 heavy (non-hydrogen) atoms. The summed E-state index contributed by atoms with van der Waals surface area (Å²) in [4.78, 5) is 2.16. The Morgan fingerprint density at radius 3 is 1.03 bits per heavy atom. The number of phenolic OH excluding ortho intramolecular Hbond substituents is 2. The van der Waals surface area contributed by atoms with Crippen LogP contribution in [0, 0.1) is 0 Å². The molecule has 0 radical (unpaired) electrons. The second-order valence-electron chi connectivity index (χ2n) is 12.9. The van der Waals surface area contributed by atoms with Gasteiger partial charge in [-0.3, -0.25) is 0 Å². The van der Waals surface area contributed by atoms with Crippen LogP contribution < -0.4 is 0 Å². The maximum atomic E-state index is 11.2. The van der Waals surface area contributed by atoms with E-state index in [2.05, 4.69) is 107 Å². The van der Waals surface area contributed by atoms with Crippen LogP contribution in [0.2, 0.25) is 0 Å². The smallest absolute Gasteiger partial charge is 0.124 e. The van der Waals surface area contributed by atoms with E-state index in [1.807, 2.05) is 0 Å². The summed E-state index contributed by atoms with van der Waals surface area (Å²) in [6.07, 6.45) is 0. The first-order valence-corrected chi connectivity index (χ1v) is 15.0. The molecule has 0 unspecified atom stereocenters. The SMILES string of the molecule is CC(C)(C)c1ccc(SSSc2ccc(C(C)(C)C)c(O)c2C(C)(C)C)c(C(C)(C)C)c1O. The lowest BCUT2D eigenvalue weighted by Gasteiger charge is -2.29. The lowest BCUT2D eigenvalue weighted by molar-refractivity contribution is 0.418. The average molecular weight is 507 g/mol. The van der Waals surface area contributed by atoms with Crippen molar-refractivity contribution in [3.63, 3.8) is 0 Å². The molecule has 0 amide bonds. The monoisotopic (exact) mass is 506 g/mol. The number of hydrogen-bond donors (Lipinski definition) is 2. The first-order chi connectivity index (χ1) is 14.8. The topological polar surface area (TPSA) is 40.5 Å². The number of rotatable bonds is 4. The Balaban J connectivity index is 2.42. The second kappa shape index (κ2) is 9.62. The fourth-order valence-corrected chi connectivity index (χ4v) is 8.44. The molecule has 0 fully saturated rings. The van der Waals surface area contributed by atoms with Gasteiger partial charge in [-0.15, -0.1) is 0 Å². The zero-order valence-electron chi connectivity index (χ0n) is 22.4. The Morgan fingerprint density at radius 2 is 0.788 bits per heavy atom. The van der Waals surface area contributed by atoms with Gasteiger partial charge in [-0.2, -0.15) is 0 Å². The second-order valence-corrected chi connectivity index (χ2v) is 16.9. The Kier molecular flexibility index (Phi) is 8.26. The molecular weight excluding hydrogens is 465 g/mol. The number of benzene rings is 2. The number of aromatic hydroxyl groups is 2. The fraction of sp³-hybridized carbons (Fsp3) is 0.571. The van der Waals surface area contributed by atoms with Crippen LogP contribution in [0.4, 0.5) is 0 Å². The Bertz CT molecular complexity index is 917. The summed E-state index contributed by atoms with van der Waals surface area (Å²) in [5, 5.41) is 22.4. The van der Waals surface area contributed by atoms with Gasteiger partial charge in [-0.1, -0.05) is 95.2 Å². The minimum atomic E-state index is -0.178. The van der Waals surface area contributed by atoms with Gasteiger partial charge in [-0.25, -0.2) is 0 Å².